The standard InChI is InChI=1S/C31H37NO7/c1-21(30(34)23-9-7-6-8-10-23)32(2)31(35)29(22-11-13-25(36-3)14-12-22)24(19-28(33)38-5)20-39-27-17-15-26(37-4)16-18-27/h6-18,21,24,29-30,34H,19-20H2,1-5H3/t21-,24+,29+,30+/m1/s1. The smallest absolute Gasteiger partial charge is 0.305 e. The lowest BCUT2D eigenvalue weighted by Crippen LogP contribution is -2.44. The first kappa shape index (κ1) is 29.5. The fourth-order valence-electron chi connectivity index (χ4n) is 4.43. The fourth-order valence-corrected chi connectivity index (χ4v) is 4.43. The van der Waals surface area contributed by atoms with Crippen LogP contribution in [0.4, 0.5) is 0 Å². The van der Waals surface area contributed by atoms with Crippen molar-refractivity contribution >= 4 is 11.9 Å². The van der Waals surface area contributed by atoms with Crippen LogP contribution in [0.1, 0.15) is 36.5 Å². The lowest BCUT2D eigenvalue weighted by Gasteiger charge is -2.35. The molecule has 0 saturated heterocycles. The summed E-state index contributed by atoms with van der Waals surface area (Å²) >= 11 is 0. The number of nitrogens with zero attached hydrogens (tertiary/aromatic N) is 1. The Balaban J connectivity index is 1.95. The highest BCUT2D eigenvalue weighted by molar-refractivity contribution is 5.85. The van der Waals surface area contributed by atoms with Crippen molar-refractivity contribution < 1.29 is 33.6 Å². The molecular formula is C31H37NO7. The Morgan fingerprint density at radius 1 is 0.795 bits per heavy atom. The number of carbonyl (C=O) groups excluding carboxylic acids is 2. The van der Waals surface area contributed by atoms with Gasteiger partial charge < -0.3 is 29.0 Å². The van der Waals surface area contributed by atoms with Crippen molar-refractivity contribution in [1.82, 2.24) is 4.90 Å². The number of methoxy groups -OCH3 is 3. The van der Waals surface area contributed by atoms with E-state index >= 15 is 0 Å². The largest absolute Gasteiger partial charge is 0.497 e. The van der Waals surface area contributed by atoms with Crippen LogP contribution in [-0.4, -0.2) is 62.9 Å². The van der Waals surface area contributed by atoms with Crippen molar-refractivity contribution in [2.45, 2.75) is 31.4 Å². The Hall–Kier alpha value is -4.04. The third-order valence-corrected chi connectivity index (χ3v) is 6.95. The van der Waals surface area contributed by atoms with Crippen molar-refractivity contribution in [3.05, 3.63) is 90.0 Å². The summed E-state index contributed by atoms with van der Waals surface area (Å²) in [6.45, 7) is 1.87. The summed E-state index contributed by atoms with van der Waals surface area (Å²) in [7, 11) is 6.13. The molecule has 0 aliphatic carbocycles. The van der Waals surface area contributed by atoms with E-state index in [1.54, 1.807) is 64.6 Å². The molecule has 1 amide bonds. The molecule has 0 saturated carbocycles. The number of benzene rings is 3. The number of rotatable bonds is 13. The van der Waals surface area contributed by atoms with Gasteiger partial charge in [-0.1, -0.05) is 42.5 Å². The van der Waals surface area contributed by atoms with Crippen LogP contribution in [0.15, 0.2) is 78.9 Å². The van der Waals surface area contributed by atoms with Gasteiger partial charge in [-0.15, -0.1) is 0 Å². The normalized spacial score (nSPS) is 13.9. The van der Waals surface area contributed by atoms with E-state index in [0.717, 1.165) is 0 Å². The number of carbonyl (C=O) groups is 2. The SMILES string of the molecule is COC(=O)C[C@@H](COc1ccc(OC)cc1)[C@@H](C(=O)N(C)[C@H](C)[C@H](O)c1ccccc1)c1ccc(OC)cc1. The third-order valence-electron chi connectivity index (χ3n) is 6.95. The maximum absolute atomic E-state index is 14.1. The van der Waals surface area contributed by atoms with Gasteiger partial charge in [0, 0.05) is 13.0 Å². The highest BCUT2D eigenvalue weighted by Gasteiger charge is 2.37. The number of ether oxygens (including phenoxy) is 4. The van der Waals surface area contributed by atoms with Gasteiger partial charge in [-0.05, 0) is 54.4 Å². The molecule has 3 aromatic carbocycles. The van der Waals surface area contributed by atoms with Crippen LogP contribution in [0, 0.1) is 5.92 Å². The quantitative estimate of drug-likeness (QED) is 0.319. The lowest BCUT2D eigenvalue weighted by molar-refractivity contribution is -0.143. The molecule has 0 aliphatic rings. The predicted molar refractivity (Wildman–Crippen MR) is 148 cm³/mol. The van der Waals surface area contributed by atoms with Crippen LogP contribution in [0.25, 0.3) is 0 Å². The molecule has 0 radical (unpaired) electrons. The van der Waals surface area contributed by atoms with Crippen molar-refractivity contribution in [3.8, 4) is 17.2 Å². The van der Waals surface area contributed by atoms with Crippen LogP contribution in [-0.2, 0) is 14.3 Å². The fraction of sp³-hybridized carbons (Fsp3) is 0.355. The highest BCUT2D eigenvalue weighted by Crippen LogP contribution is 2.33. The molecule has 0 unspecified atom stereocenters. The van der Waals surface area contributed by atoms with Crippen LogP contribution >= 0.6 is 0 Å². The van der Waals surface area contributed by atoms with Crippen molar-refractivity contribution in [2.75, 3.05) is 35.0 Å². The van der Waals surface area contributed by atoms with Gasteiger partial charge >= 0.3 is 5.97 Å². The first-order valence-electron chi connectivity index (χ1n) is 12.8. The molecule has 8 heteroatoms. The number of amides is 1. The molecule has 208 valence electrons. The Kier molecular flexibility index (Phi) is 10.8. The van der Waals surface area contributed by atoms with E-state index < -0.39 is 30.0 Å². The zero-order valence-electron chi connectivity index (χ0n) is 23.1. The second-order valence-corrected chi connectivity index (χ2v) is 9.32. The van der Waals surface area contributed by atoms with Crippen LogP contribution < -0.4 is 14.2 Å². The van der Waals surface area contributed by atoms with Gasteiger partial charge in [-0.2, -0.15) is 0 Å². The number of hydrogen-bond donors (Lipinski definition) is 1. The molecule has 0 bridgehead atoms. The van der Waals surface area contributed by atoms with E-state index in [0.29, 0.717) is 28.4 Å². The minimum absolute atomic E-state index is 0.0431. The molecule has 0 aliphatic heterocycles. The van der Waals surface area contributed by atoms with Crippen molar-refractivity contribution in [2.24, 2.45) is 5.92 Å². The average molecular weight is 536 g/mol. The summed E-state index contributed by atoms with van der Waals surface area (Å²) in [6.07, 6.45) is -0.940. The summed E-state index contributed by atoms with van der Waals surface area (Å²) in [5.74, 6) is -0.127. The van der Waals surface area contributed by atoms with Gasteiger partial charge in [0.25, 0.3) is 0 Å². The number of esters is 1. The van der Waals surface area contributed by atoms with Gasteiger partial charge in [0.15, 0.2) is 0 Å². The molecule has 0 spiro atoms. The average Bonchev–Trinajstić information content (AvgIpc) is 2.99. The molecular weight excluding hydrogens is 498 g/mol. The molecule has 3 aromatic rings. The molecule has 39 heavy (non-hydrogen) atoms. The van der Waals surface area contributed by atoms with Gasteiger partial charge in [0.2, 0.25) is 5.91 Å². The Labute approximate surface area is 230 Å². The summed E-state index contributed by atoms with van der Waals surface area (Å²) in [5.41, 5.74) is 1.40. The predicted octanol–water partition coefficient (Wildman–Crippen LogP) is 4.63. The van der Waals surface area contributed by atoms with E-state index in [1.807, 2.05) is 42.5 Å². The minimum atomic E-state index is -0.897. The summed E-state index contributed by atoms with van der Waals surface area (Å²) in [4.78, 5) is 28.2. The van der Waals surface area contributed by atoms with Crippen LogP contribution in [0.2, 0.25) is 0 Å². The number of likely N-dealkylation sites (N-methyl/N-ethyl adjacent to an activating group) is 1. The molecule has 1 N–H and O–H groups in total. The van der Waals surface area contributed by atoms with Gasteiger partial charge in [-0.3, -0.25) is 9.59 Å². The summed E-state index contributed by atoms with van der Waals surface area (Å²) in [5, 5.41) is 11.0. The van der Waals surface area contributed by atoms with E-state index in [4.69, 9.17) is 18.9 Å². The van der Waals surface area contributed by atoms with Gasteiger partial charge in [0.1, 0.15) is 17.2 Å². The highest BCUT2D eigenvalue weighted by atomic mass is 16.5. The topological polar surface area (TPSA) is 94.5 Å². The van der Waals surface area contributed by atoms with Gasteiger partial charge in [0.05, 0.1) is 52.4 Å². The molecule has 0 aromatic heterocycles. The first-order chi connectivity index (χ1) is 18.8. The molecule has 0 fully saturated rings. The zero-order valence-corrected chi connectivity index (χ0v) is 23.1. The zero-order chi connectivity index (χ0) is 28.4. The van der Waals surface area contributed by atoms with Crippen LogP contribution in [0.3, 0.4) is 0 Å². The summed E-state index contributed by atoms with van der Waals surface area (Å²) < 4.78 is 21.5. The minimum Gasteiger partial charge on any atom is -0.497 e. The van der Waals surface area contributed by atoms with E-state index in [1.165, 1.54) is 12.0 Å². The lowest BCUT2D eigenvalue weighted by atomic mass is 9.82. The number of hydrogen-bond acceptors (Lipinski definition) is 7. The van der Waals surface area contributed by atoms with E-state index in [-0.39, 0.29) is 18.9 Å². The molecule has 8 nitrogen and oxygen atoms in total. The van der Waals surface area contributed by atoms with Crippen molar-refractivity contribution in [1.29, 1.82) is 0 Å². The Bertz CT molecular complexity index is 1180. The molecule has 3 rings (SSSR count). The first-order valence-corrected chi connectivity index (χ1v) is 12.8. The van der Waals surface area contributed by atoms with Gasteiger partial charge in [-0.25, -0.2) is 0 Å². The number of aliphatic hydroxyl groups is 1. The Morgan fingerprint density at radius 3 is 1.87 bits per heavy atom. The summed E-state index contributed by atoms with van der Waals surface area (Å²) in [6, 6.07) is 22.9. The maximum atomic E-state index is 14.1. The van der Waals surface area contributed by atoms with E-state index in [2.05, 4.69) is 0 Å². The number of aliphatic hydroxyl groups excluding tert-OH is 1. The molecule has 0 heterocycles. The second-order valence-electron chi connectivity index (χ2n) is 9.32. The Morgan fingerprint density at radius 2 is 1.33 bits per heavy atom. The molecule has 4 atom stereocenters. The van der Waals surface area contributed by atoms with E-state index in [9.17, 15) is 14.7 Å². The monoisotopic (exact) mass is 535 g/mol. The van der Waals surface area contributed by atoms with Crippen LogP contribution in [0.5, 0.6) is 17.2 Å². The second kappa shape index (κ2) is 14.2. The maximum Gasteiger partial charge on any atom is 0.305 e. The van der Waals surface area contributed by atoms with Crippen molar-refractivity contribution in [3.63, 3.8) is 0 Å². The third kappa shape index (κ3) is 7.74.